The second-order valence-corrected chi connectivity index (χ2v) is 4.78. The normalized spacial score (nSPS) is 17.7. The van der Waals surface area contributed by atoms with Gasteiger partial charge in [-0.05, 0) is 19.3 Å². The SMILES string of the molecule is COC(=O)Cc1c(C(=O)OC)nnn1CCC1CCCO1. The summed E-state index contributed by atoms with van der Waals surface area (Å²) >= 11 is 0. The minimum absolute atomic E-state index is 0.0511. The van der Waals surface area contributed by atoms with Crippen LogP contribution in [-0.4, -0.2) is 53.9 Å². The van der Waals surface area contributed by atoms with Crippen LogP contribution in [0.1, 0.15) is 35.4 Å². The van der Waals surface area contributed by atoms with Crippen molar-refractivity contribution in [3.63, 3.8) is 0 Å². The summed E-state index contributed by atoms with van der Waals surface area (Å²) in [5.41, 5.74) is 0.460. The number of carbonyl (C=O) groups excluding carboxylic acids is 2. The van der Waals surface area contributed by atoms with Gasteiger partial charge in [-0.15, -0.1) is 5.10 Å². The molecule has 1 unspecified atom stereocenters. The van der Waals surface area contributed by atoms with Crippen molar-refractivity contribution in [3.8, 4) is 0 Å². The predicted octanol–water partition coefficient (Wildman–Crippen LogP) is 0.349. The standard InChI is InChI=1S/C13H19N3O5/c1-19-11(17)8-10-12(13(18)20-2)14-15-16(10)6-5-9-4-3-7-21-9/h9H,3-8H2,1-2H3. The Labute approximate surface area is 122 Å². The van der Waals surface area contributed by atoms with Crippen molar-refractivity contribution < 1.29 is 23.8 Å². The number of aryl methyl sites for hydroxylation is 1. The Hall–Kier alpha value is -1.96. The predicted molar refractivity (Wildman–Crippen MR) is 70.7 cm³/mol. The summed E-state index contributed by atoms with van der Waals surface area (Å²) in [7, 11) is 2.55. The third-order valence-electron chi connectivity index (χ3n) is 3.44. The lowest BCUT2D eigenvalue weighted by atomic mass is 10.2. The molecule has 1 aliphatic heterocycles. The fourth-order valence-electron chi connectivity index (χ4n) is 2.29. The summed E-state index contributed by atoms with van der Waals surface area (Å²) in [4.78, 5) is 23.2. The molecule has 0 spiro atoms. The molecular weight excluding hydrogens is 278 g/mol. The molecule has 0 amide bonds. The lowest BCUT2D eigenvalue weighted by Crippen LogP contribution is -2.17. The van der Waals surface area contributed by atoms with Crippen LogP contribution in [0, 0.1) is 0 Å². The molecule has 1 aromatic heterocycles. The first kappa shape index (κ1) is 15.4. The number of hydrogen-bond donors (Lipinski definition) is 0. The second kappa shape index (κ2) is 7.16. The van der Waals surface area contributed by atoms with E-state index in [1.807, 2.05) is 0 Å². The van der Waals surface area contributed by atoms with E-state index in [9.17, 15) is 9.59 Å². The maximum absolute atomic E-state index is 11.7. The molecule has 21 heavy (non-hydrogen) atoms. The van der Waals surface area contributed by atoms with Crippen molar-refractivity contribution >= 4 is 11.9 Å². The molecule has 2 rings (SSSR count). The van der Waals surface area contributed by atoms with E-state index in [-0.39, 0.29) is 18.2 Å². The van der Waals surface area contributed by atoms with Crippen LogP contribution in [0.3, 0.4) is 0 Å². The Morgan fingerprint density at radius 1 is 1.38 bits per heavy atom. The van der Waals surface area contributed by atoms with E-state index in [4.69, 9.17) is 4.74 Å². The highest BCUT2D eigenvalue weighted by atomic mass is 16.5. The number of ether oxygens (including phenoxy) is 3. The minimum atomic E-state index is -0.614. The number of esters is 2. The van der Waals surface area contributed by atoms with E-state index in [0.29, 0.717) is 12.2 Å². The van der Waals surface area contributed by atoms with Gasteiger partial charge in [-0.1, -0.05) is 5.21 Å². The molecule has 0 N–H and O–H groups in total. The molecule has 2 heterocycles. The van der Waals surface area contributed by atoms with Crippen molar-refractivity contribution in [1.29, 1.82) is 0 Å². The van der Waals surface area contributed by atoms with Crippen LogP contribution in [0.5, 0.6) is 0 Å². The number of nitrogens with zero attached hydrogens (tertiary/aromatic N) is 3. The summed E-state index contributed by atoms with van der Waals surface area (Å²) in [6, 6.07) is 0. The van der Waals surface area contributed by atoms with Gasteiger partial charge < -0.3 is 14.2 Å². The molecule has 0 aliphatic carbocycles. The van der Waals surface area contributed by atoms with Crippen LogP contribution in [-0.2, 0) is 32.0 Å². The molecule has 0 bridgehead atoms. The van der Waals surface area contributed by atoms with E-state index < -0.39 is 11.9 Å². The zero-order valence-electron chi connectivity index (χ0n) is 12.2. The van der Waals surface area contributed by atoms with Crippen LogP contribution >= 0.6 is 0 Å². The number of rotatable bonds is 6. The molecule has 1 fully saturated rings. The quantitative estimate of drug-likeness (QED) is 0.699. The molecule has 0 saturated carbocycles. The average Bonchev–Trinajstić information content (AvgIpc) is 3.14. The molecule has 1 atom stereocenters. The van der Waals surface area contributed by atoms with Gasteiger partial charge in [-0.3, -0.25) is 4.79 Å². The maximum atomic E-state index is 11.7. The van der Waals surface area contributed by atoms with Gasteiger partial charge in [-0.25, -0.2) is 9.48 Å². The number of methoxy groups -OCH3 is 2. The number of hydrogen-bond acceptors (Lipinski definition) is 7. The fourth-order valence-corrected chi connectivity index (χ4v) is 2.29. The fraction of sp³-hybridized carbons (Fsp3) is 0.692. The lowest BCUT2D eigenvalue weighted by Gasteiger charge is -2.10. The summed E-state index contributed by atoms with van der Waals surface area (Å²) in [5, 5.41) is 7.75. The molecule has 8 heteroatoms. The maximum Gasteiger partial charge on any atom is 0.360 e. The van der Waals surface area contributed by atoms with E-state index in [2.05, 4.69) is 19.8 Å². The molecular formula is C13H19N3O5. The van der Waals surface area contributed by atoms with Crippen molar-refractivity contribution in [3.05, 3.63) is 11.4 Å². The largest absolute Gasteiger partial charge is 0.469 e. The van der Waals surface area contributed by atoms with E-state index in [0.717, 1.165) is 25.9 Å². The topological polar surface area (TPSA) is 92.5 Å². The van der Waals surface area contributed by atoms with E-state index in [1.165, 1.54) is 14.2 Å². The van der Waals surface area contributed by atoms with Crippen molar-refractivity contribution in [2.45, 2.75) is 38.3 Å². The monoisotopic (exact) mass is 297 g/mol. The molecule has 0 aromatic carbocycles. The summed E-state index contributed by atoms with van der Waals surface area (Å²) < 4.78 is 16.4. The van der Waals surface area contributed by atoms with Crippen molar-refractivity contribution in [2.75, 3.05) is 20.8 Å². The van der Waals surface area contributed by atoms with Gasteiger partial charge in [0.1, 0.15) is 0 Å². The summed E-state index contributed by atoms with van der Waals surface area (Å²) in [6.45, 7) is 1.31. The Morgan fingerprint density at radius 3 is 2.81 bits per heavy atom. The first-order valence-electron chi connectivity index (χ1n) is 6.84. The second-order valence-electron chi connectivity index (χ2n) is 4.78. The van der Waals surface area contributed by atoms with Gasteiger partial charge in [-0.2, -0.15) is 0 Å². The zero-order valence-corrected chi connectivity index (χ0v) is 12.2. The van der Waals surface area contributed by atoms with Gasteiger partial charge >= 0.3 is 11.9 Å². The summed E-state index contributed by atoms with van der Waals surface area (Å²) in [6.07, 6.45) is 2.97. The van der Waals surface area contributed by atoms with Crippen LogP contribution in [0.4, 0.5) is 0 Å². The van der Waals surface area contributed by atoms with Crippen molar-refractivity contribution in [1.82, 2.24) is 15.0 Å². The third kappa shape index (κ3) is 3.78. The molecule has 1 aliphatic rings. The first-order valence-corrected chi connectivity index (χ1v) is 6.84. The van der Waals surface area contributed by atoms with Gasteiger partial charge in [0.05, 0.1) is 32.4 Å². The Balaban J connectivity index is 2.12. The highest BCUT2D eigenvalue weighted by Gasteiger charge is 2.24. The van der Waals surface area contributed by atoms with Crippen LogP contribution < -0.4 is 0 Å². The Bertz CT molecular complexity index is 508. The first-order chi connectivity index (χ1) is 10.2. The van der Waals surface area contributed by atoms with Gasteiger partial charge in [0, 0.05) is 13.2 Å². The lowest BCUT2D eigenvalue weighted by molar-refractivity contribution is -0.139. The highest BCUT2D eigenvalue weighted by molar-refractivity contribution is 5.89. The summed E-state index contributed by atoms with van der Waals surface area (Å²) in [5.74, 6) is -1.07. The van der Waals surface area contributed by atoms with Gasteiger partial charge in [0.15, 0.2) is 5.69 Å². The molecule has 1 saturated heterocycles. The molecule has 1 aromatic rings. The van der Waals surface area contributed by atoms with Crippen LogP contribution in [0.25, 0.3) is 0 Å². The average molecular weight is 297 g/mol. The number of carbonyl (C=O) groups is 2. The van der Waals surface area contributed by atoms with E-state index in [1.54, 1.807) is 4.68 Å². The molecule has 8 nitrogen and oxygen atoms in total. The minimum Gasteiger partial charge on any atom is -0.469 e. The zero-order chi connectivity index (χ0) is 15.2. The Kier molecular flexibility index (Phi) is 5.26. The van der Waals surface area contributed by atoms with Crippen molar-refractivity contribution in [2.24, 2.45) is 0 Å². The molecule has 0 radical (unpaired) electrons. The van der Waals surface area contributed by atoms with E-state index >= 15 is 0 Å². The smallest absolute Gasteiger partial charge is 0.360 e. The van der Waals surface area contributed by atoms with Crippen LogP contribution in [0.2, 0.25) is 0 Å². The number of aromatic nitrogens is 3. The molecule has 116 valence electrons. The third-order valence-corrected chi connectivity index (χ3v) is 3.44. The Morgan fingerprint density at radius 2 is 2.19 bits per heavy atom. The highest BCUT2D eigenvalue weighted by Crippen LogP contribution is 2.17. The van der Waals surface area contributed by atoms with Gasteiger partial charge in [0.25, 0.3) is 0 Å². The van der Waals surface area contributed by atoms with Crippen LogP contribution in [0.15, 0.2) is 0 Å². The van der Waals surface area contributed by atoms with Gasteiger partial charge in [0.2, 0.25) is 0 Å².